The van der Waals surface area contributed by atoms with Crippen LogP contribution in [0.3, 0.4) is 0 Å². The van der Waals surface area contributed by atoms with Crippen LogP contribution >= 0.6 is 12.2 Å². The van der Waals surface area contributed by atoms with E-state index in [1.54, 1.807) is 13.0 Å². The molecule has 3 N–H and O–H groups in total. The van der Waals surface area contributed by atoms with Gasteiger partial charge in [-0.2, -0.15) is 0 Å². The highest BCUT2D eigenvalue weighted by Crippen LogP contribution is 2.24. The summed E-state index contributed by atoms with van der Waals surface area (Å²) >= 11 is 4.80. The summed E-state index contributed by atoms with van der Waals surface area (Å²) in [5.41, 5.74) is 6.09. The fourth-order valence-corrected chi connectivity index (χ4v) is 1.75. The number of thiocarbonyl (C=S) groups is 1. The van der Waals surface area contributed by atoms with Crippen LogP contribution in [0.1, 0.15) is 20.3 Å². The normalized spacial score (nSPS) is 11.7. The first-order chi connectivity index (χ1) is 8.54. The molecule has 0 aromatic heterocycles. The van der Waals surface area contributed by atoms with Crippen LogP contribution in [0.15, 0.2) is 24.3 Å². The molecule has 1 amide bonds. The minimum atomic E-state index is -0.253. The predicted octanol–water partition coefficient (Wildman–Crippen LogP) is 2.34. The van der Waals surface area contributed by atoms with Crippen molar-refractivity contribution in [2.75, 3.05) is 11.9 Å². The molecule has 1 unspecified atom stereocenters. The van der Waals surface area contributed by atoms with Gasteiger partial charge in [-0.15, -0.1) is 0 Å². The molecule has 1 aromatic rings. The number of carbonyl (C=O) groups is 1. The van der Waals surface area contributed by atoms with E-state index in [0.717, 1.165) is 0 Å². The number of carbonyl (C=O) groups excluding carboxylic acids is 1. The maximum Gasteiger partial charge on any atom is 0.227 e. The van der Waals surface area contributed by atoms with E-state index in [2.05, 4.69) is 5.32 Å². The molecule has 98 valence electrons. The van der Waals surface area contributed by atoms with Crippen molar-refractivity contribution in [2.45, 2.75) is 20.3 Å². The van der Waals surface area contributed by atoms with Gasteiger partial charge in [-0.05, 0) is 19.1 Å². The Morgan fingerprint density at radius 2 is 2.17 bits per heavy atom. The lowest BCUT2D eigenvalue weighted by Gasteiger charge is -2.14. The summed E-state index contributed by atoms with van der Waals surface area (Å²) in [5.74, 6) is 0.294. The number of benzene rings is 1. The summed E-state index contributed by atoms with van der Waals surface area (Å²) in [4.78, 5) is 12.3. The number of hydrogen-bond acceptors (Lipinski definition) is 3. The number of anilines is 1. The van der Waals surface area contributed by atoms with E-state index >= 15 is 0 Å². The fourth-order valence-electron chi connectivity index (χ4n) is 1.50. The van der Waals surface area contributed by atoms with Gasteiger partial charge in [0.25, 0.3) is 0 Å². The molecule has 1 atom stereocenters. The summed E-state index contributed by atoms with van der Waals surface area (Å²) in [7, 11) is 0. The second-order valence-corrected chi connectivity index (χ2v) is 4.51. The van der Waals surface area contributed by atoms with Crippen LogP contribution in [0.2, 0.25) is 0 Å². The molecule has 1 aromatic carbocycles. The maximum atomic E-state index is 11.9. The van der Waals surface area contributed by atoms with Gasteiger partial charge in [-0.1, -0.05) is 31.3 Å². The smallest absolute Gasteiger partial charge is 0.227 e. The number of nitrogens with one attached hydrogen (secondary N) is 1. The molecular formula is C13H18N2O2S. The van der Waals surface area contributed by atoms with E-state index in [1.807, 2.05) is 25.1 Å². The lowest BCUT2D eigenvalue weighted by Crippen LogP contribution is -2.25. The highest BCUT2D eigenvalue weighted by atomic mass is 32.1. The average Bonchev–Trinajstić information content (AvgIpc) is 2.31. The van der Waals surface area contributed by atoms with E-state index in [-0.39, 0.29) is 11.8 Å². The molecule has 18 heavy (non-hydrogen) atoms. The monoisotopic (exact) mass is 266 g/mol. The van der Waals surface area contributed by atoms with Crippen molar-refractivity contribution in [3.8, 4) is 5.75 Å². The van der Waals surface area contributed by atoms with Crippen LogP contribution in [-0.4, -0.2) is 17.5 Å². The summed E-state index contributed by atoms with van der Waals surface area (Å²) < 4.78 is 5.43. The van der Waals surface area contributed by atoms with Crippen molar-refractivity contribution in [3.63, 3.8) is 0 Å². The Morgan fingerprint density at radius 3 is 2.78 bits per heavy atom. The minimum absolute atomic E-state index is 0.116. The molecular weight excluding hydrogens is 248 g/mol. The lowest BCUT2D eigenvalue weighted by molar-refractivity contribution is -0.119. The number of nitrogens with two attached hydrogens (primary N) is 1. The maximum absolute atomic E-state index is 11.9. The summed E-state index contributed by atoms with van der Waals surface area (Å²) in [5, 5.41) is 2.82. The van der Waals surface area contributed by atoms with Crippen molar-refractivity contribution in [2.24, 2.45) is 11.7 Å². The molecule has 0 aliphatic heterocycles. The Kier molecular flexibility index (Phi) is 5.58. The van der Waals surface area contributed by atoms with Crippen LogP contribution in [0.4, 0.5) is 5.69 Å². The SMILES string of the molecule is CCOc1ccccc1NC(=O)C(C)CC(N)=S. The zero-order valence-electron chi connectivity index (χ0n) is 10.6. The van der Waals surface area contributed by atoms with Crippen molar-refractivity contribution in [1.29, 1.82) is 0 Å². The van der Waals surface area contributed by atoms with Gasteiger partial charge in [-0.3, -0.25) is 4.79 Å². The molecule has 4 nitrogen and oxygen atoms in total. The highest BCUT2D eigenvalue weighted by Gasteiger charge is 2.15. The zero-order valence-corrected chi connectivity index (χ0v) is 11.4. The molecule has 0 aliphatic carbocycles. The Morgan fingerprint density at radius 1 is 1.50 bits per heavy atom. The Balaban J connectivity index is 2.72. The first-order valence-electron chi connectivity index (χ1n) is 5.85. The van der Waals surface area contributed by atoms with Crippen molar-refractivity contribution in [1.82, 2.24) is 0 Å². The van der Waals surface area contributed by atoms with E-state index in [9.17, 15) is 4.79 Å². The van der Waals surface area contributed by atoms with Crippen LogP contribution in [0.5, 0.6) is 5.75 Å². The fraction of sp³-hybridized carbons (Fsp3) is 0.385. The first kappa shape index (κ1) is 14.4. The van der Waals surface area contributed by atoms with Gasteiger partial charge < -0.3 is 15.8 Å². The zero-order chi connectivity index (χ0) is 13.5. The van der Waals surface area contributed by atoms with E-state index < -0.39 is 0 Å². The van der Waals surface area contributed by atoms with Crippen LogP contribution in [0, 0.1) is 5.92 Å². The molecule has 0 spiro atoms. The second kappa shape index (κ2) is 6.96. The largest absolute Gasteiger partial charge is 0.492 e. The predicted molar refractivity (Wildman–Crippen MR) is 76.8 cm³/mol. The molecule has 0 saturated carbocycles. The van der Waals surface area contributed by atoms with Gasteiger partial charge in [-0.25, -0.2) is 0 Å². The molecule has 1 rings (SSSR count). The lowest BCUT2D eigenvalue weighted by atomic mass is 10.1. The Bertz CT molecular complexity index is 435. The molecule has 0 fully saturated rings. The Labute approximate surface area is 113 Å². The third kappa shape index (κ3) is 4.33. The third-order valence-corrected chi connectivity index (χ3v) is 2.57. The summed E-state index contributed by atoms with van der Waals surface area (Å²) in [6, 6.07) is 7.32. The van der Waals surface area contributed by atoms with Crippen LogP contribution in [-0.2, 0) is 4.79 Å². The number of amides is 1. The molecule has 0 aliphatic rings. The number of rotatable bonds is 6. The third-order valence-electron chi connectivity index (χ3n) is 2.40. The van der Waals surface area contributed by atoms with Gasteiger partial charge in [0.05, 0.1) is 17.3 Å². The molecule has 0 saturated heterocycles. The van der Waals surface area contributed by atoms with Crippen LogP contribution < -0.4 is 15.8 Å². The molecule has 5 heteroatoms. The Hall–Kier alpha value is -1.62. The number of ether oxygens (including phenoxy) is 1. The summed E-state index contributed by atoms with van der Waals surface area (Å²) in [6.07, 6.45) is 0.401. The minimum Gasteiger partial charge on any atom is -0.492 e. The van der Waals surface area contributed by atoms with Crippen molar-refractivity contribution >= 4 is 28.8 Å². The van der Waals surface area contributed by atoms with Gasteiger partial charge in [0, 0.05) is 12.3 Å². The van der Waals surface area contributed by atoms with Crippen LogP contribution in [0.25, 0.3) is 0 Å². The number of hydrogen-bond donors (Lipinski definition) is 2. The molecule has 0 bridgehead atoms. The van der Waals surface area contributed by atoms with Gasteiger partial charge in [0.1, 0.15) is 5.75 Å². The van der Waals surface area contributed by atoms with Crippen molar-refractivity contribution < 1.29 is 9.53 Å². The molecule has 0 radical (unpaired) electrons. The number of para-hydroxylation sites is 2. The second-order valence-electron chi connectivity index (χ2n) is 3.99. The quantitative estimate of drug-likeness (QED) is 0.776. The first-order valence-corrected chi connectivity index (χ1v) is 6.26. The van der Waals surface area contributed by atoms with Gasteiger partial charge >= 0.3 is 0 Å². The van der Waals surface area contributed by atoms with Gasteiger partial charge in [0.2, 0.25) is 5.91 Å². The average molecular weight is 266 g/mol. The highest BCUT2D eigenvalue weighted by molar-refractivity contribution is 7.80. The van der Waals surface area contributed by atoms with Crippen molar-refractivity contribution in [3.05, 3.63) is 24.3 Å². The standard InChI is InChI=1S/C13H18N2O2S/c1-3-17-11-7-5-4-6-10(11)15-13(16)9(2)8-12(14)18/h4-7,9H,3,8H2,1-2H3,(H2,14,18)(H,15,16). The topological polar surface area (TPSA) is 64.3 Å². The summed E-state index contributed by atoms with van der Waals surface area (Å²) in [6.45, 7) is 4.24. The van der Waals surface area contributed by atoms with Gasteiger partial charge in [0.15, 0.2) is 0 Å². The van der Waals surface area contributed by atoms with E-state index in [4.69, 9.17) is 22.7 Å². The van der Waals surface area contributed by atoms with E-state index in [0.29, 0.717) is 29.5 Å². The molecule has 0 heterocycles. The van der Waals surface area contributed by atoms with E-state index in [1.165, 1.54) is 0 Å².